The third-order valence-corrected chi connectivity index (χ3v) is 4.97. The average Bonchev–Trinajstić information content (AvgIpc) is 3.17. The molecule has 0 saturated carbocycles. The lowest BCUT2D eigenvalue weighted by atomic mass is 10.0. The van der Waals surface area contributed by atoms with Gasteiger partial charge in [-0.2, -0.15) is 13.2 Å². The molecule has 158 valence electrons. The Labute approximate surface area is 175 Å². The lowest BCUT2D eigenvalue weighted by Gasteiger charge is -2.17. The molecule has 2 aromatic rings. The van der Waals surface area contributed by atoms with Crippen LogP contribution in [0.2, 0.25) is 5.02 Å². The summed E-state index contributed by atoms with van der Waals surface area (Å²) in [6.07, 6.45) is -1.70. The van der Waals surface area contributed by atoms with Crippen LogP contribution in [0.25, 0.3) is 0 Å². The summed E-state index contributed by atoms with van der Waals surface area (Å²) in [6.45, 7) is 4.24. The van der Waals surface area contributed by atoms with Gasteiger partial charge in [0.05, 0.1) is 5.02 Å². The number of carbonyl (C=O) groups is 2. The second kappa shape index (κ2) is 8.83. The second-order valence-electron chi connectivity index (χ2n) is 6.86. The van der Waals surface area contributed by atoms with Gasteiger partial charge in [-0.05, 0) is 42.7 Å². The first-order valence-corrected chi connectivity index (χ1v) is 9.46. The van der Waals surface area contributed by atoms with Crippen molar-refractivity contribution in [2.75, 3.05) is 18.4 Å². The summed E-state index contributed by atoms with van der Waals surface area (Å²) in [5.74, 6) is -0.544. The summed E-state index contributed by atoms with van der Waals surface area (Å²) in [6, 6.07) is 6.43. The van der Waals surface area contributed by atoms with E-state index in [9.17, 15) is 22.8 Å². The Morgan fingerprint density at radius 3 is 2.63 bits per heavy atom. The van der Waals surface area contributed by atoms with Gasteiger partial charge in [0.2, 0.25) is 5.91 Å². The number of rotatable bonds is 5. The van der Waals surface area contributed by atoms with Crippen molar-refractivity contribution in [3.05, 3.63) is 65.2 Å². The molecule has 1 aromatic carbocycles. The Balaban J connectivity index is 1.62. The minimum Gasteiger partial charge on any atom is -0.338 e. The molecular formula is C20H18ClF3N4O2. The highest BCUT2D eigenvalue weighted by atomic mass is 35.5. The third kappa shape index (κ3) is 5.15. The molecule has 0 unspecified atom stereocenters. The van der Waals surface area contributed by atoms with E-state index < -0.39 is 16.9 Å². The summed E-state index contributed by atoms with van der Waals surface area (Å²) in [4.78, 5) is 33.1. The summed E-state index contributed by atoms with van der Waals surface area (Å²) in [5.41, 5.74) is -0.158. The zero-order valence-electron chi connectivity index (χ0n) is 15.7. The molecule has 30 heavy (non-hydrogen) atoms. The largest absolute Gasteiger partial charge is 0.434 e. The van der Waals surface area contributed by atoms with E-state index in [-0.39, 0.29) is 30.0 Å². The number of amides is 2. The molecule has 1 atom stereocenters. The number of benzene rings is 1. The number of nitrogens with one attached hydrogen (secondary N) is 1. The number of alkyl halides is 3. The van der Waals surface area contributed by atoms with Crippen LogP contribution >= 0.6 is 11.6 Å². The fourth-order valence-corrected chi connectivity index (χ4v) is 3.41. The standard InChI is InChI=1S/C20H18ClF3N4O2/c1-2-17(29)26-14-5-3-13(4-6-14)19(30)28-8-7-12(11-28)9-16-25-10-15(21)18(27-16)20(22,23)24/h2-6,10,12H,1,7-9,11H2,(H,26,29)/t12-/m0/s1. The molecular weight excluding hydrogens is 421 g/mol. The van der Waals surface area contributed by atoms with Crippen molar-refractivity contribution in [2.45, 2.75) is 19.0 Å². The molecule has 1 aliphatic rings. The Bertz CT molecular complexity index is 964. The first-order valence-electron chi connectivity index (χ1n) is 9.08. The van der Waals surface area contributed by atoms with Crippen LogP contribution < -0.4 is 5.32 Å². The third-order valence-electron chi connectivity index (χ3n) is 4.69. The number of likely N-dealkylation sites (tertiary alicyclic amines) is 1. The Morgan fingerprint density at radius 1 is 1.30 bits per heavy atom. The van der Waals surface area contributed by atoms with Crippen molar-refractivity contribution in [3.8, 4) is 0 Å². The predicted octanol–water partition coefficient (Wildman–Crippen LogP) is 3.98. The molecule has 6 nitrogen and oxygen atoms in total. The van der Waals surface area contributed by atoms with Gasteiger partial charge in [-0.1, -0.05) is 18.2 Å². The zero-order chi connectivity index (χ0) is 21.9. The number of carbonyl (C=O) groups excluding carboxylic acids is 2. The van der Waals surface area contributed by atoms with E-state index in [0.717, 1.165) is 12.3 Å². The van der Waals surface area contributed by atoms with Crippen molar-refractivity contribution in [2.24, 2.45) is 5.92 Å². The van der Waals surface area contributed by atoms with Gasteiger partial charge in [-0.3, -0.25) is 9.59 Å². The Kier molecular flexibility index (Phi) is 6.40. The highest BCUT2D eigenvalue weighted by Crippen LogP contribution is 2.33. The molecule has 2 amide bonds. The average molecular weight is 439 g/mol. The molecule has 0 radical (unpaired) electrons. The van der Waals surface area contributed by atoms with E-state index in [4.69, 9.17) is 11.6 Å². The van der Waals surface area contributed by atoms with Crippen molar-refractivity contribution in [3.63, 3.8) is 0 Å². The first-order chi connectivity index (χ1) is 14.2. The van der Waals surface area contributed by atoms with E-state index in [2.05, 4.69) is 21.9 Å². The number of nitrogens with zero attached hydrogens (tertiary/aromatic N) is 3. The Hall–Kier alpha value is -2.94. The highest BCUT2D eigenvalue weighted by molar-refractivity contribution is 6.31. The van der Waals surface area contributed by atoms with Crippen molar-refractivity contribution in [1.82, 2.24) is 14.9 Å². The maximum absolute atomic E-state index is 13.0. The smallest absolute Gasteiger partial charge is 0.338 e. The Morgan fingerprint density at radius 2 is 2.00 bits per heavy atom. The number of halogens is 4. The summed E-state index contributed by atoms with van der Waals surface area (Å²) < 4.78 is 38.9. The van der Waals surface area contributed by atoms with Gasteiger partial charge in [0.15, 0.2) is 5.69 Å². The quantitative estimate of drug-likeness (QED) is 0.716. The fourth-order valence-electron chi connectivity index (χ4n) is 3.21. The van der Waals surface area contributed by atoms with Crippen molar-refractivity contribution >= 4 is 29.1 Å². The normalized spacial score (nSPS) is 16.4. The summed E-state index contributed by atoms with van der Waals surface area (Å²) >= 11 is 5.55. The van der Waals surface area contributed by atoms with E-state index in [0.29, 0.717) is 30.8 Å². The molecule has 1 fully saturated rings. The van der Waals surface area contributed by atoms with Crippen LogP contribution in [0.3, 0.4) is 0 Å². The second-order valence-corrected chi connectivity index (χ2v) is 7.27. The van der Waals surface area contributed by atoms with Gasteiger partial charge in [0.1, 0.15) is 5.82 Å². The molecule has 0 spiro atoms. The number of hydrogen-bond donors (Lipinski definition) is 1. The van der Waals surface area contributed by atoms with Crippen LogP contribution in [0.1, 0.15) is 28.3 Å². The number of anilines is 1. The number of aromatic nitrogens is 2. The van der Waals surface area contributed by atoms with E-state index in [1.165, 1.54) is 0 Å². The number of hydrogen-bond acceptors (Lipinski definition) is 4. The van der Waals surface area contributed by atoms with Crippen molar-refractivity contribution in [1.29, 1.82) is 0 Å². The van der Waals surface area contributed by atoms with E-state index >= 15 is 0 Å². The summed E-state index contributed by atoms with van der Waals surface area (Å²) in [5, 5.41) is 2.06. The van der Waals surface area contributed by atoms with Crippen molar-refractivity contribution < 1.29 is 22.8 Å². The van der Waals surface area contributed by atoms with E-state index in [1.807, 2.05) is 0 Å². The van der Waals surface area contributed by atoms with Crippen LogP contribution in [0.4, 0.5) is 18.9 Å². The lowest BCUT2D eigenvalue weighted by molar-refractivity contribution is -0.141. The fraction of sp³-hybridized carbons (Fsp3) is 0.300. The van der Waals surface area contributed by atoms with Gasteiger partial charge in [-0.25, -0.2) is 9.97 Å². The van der Waals surface area contributed by atoms with Gasteiger partial charge in [0.25, 0.3) is 5.91 Å². The highest BCUT2D eigenvalue weighted by Gasteiger charge is 2.36. The van der Waals surface area contributed by atoms with Crippen LogP contribution in [0, 0.1) is 5.92 Å². The monoisotopic (exact) mass is 438 g/mol. The minimum atomic E-state index is -4.65. The molecule has 1 N–H and O–H groups in total. The summed E-state index contributed by atoms with van der Waals surface area (Å²) in [7, 11) is 0. The topological polar surface area (TPSA) is 75.2 Å². The van der Waals surface area contributed by atoms with Crippen LogP contribution in [0.5, 0.6) is 0 Å². The maximum atomic E-state index is 13.0. The molecule has 1 aromatic heterocycles. The predicted molar refractivity (Wildman–Crippen MR) is 105 cm³/mol. The van der Waals surface area contributed by atoms with E-state index in [1.54, 1.807) is 29.2 Å². The molecule has 0 aliphatic carbocycles. The van der Waals surface area contributed by atoms with Gasteiger partial charge in [-0.15, -0.1) is 0 Å². The minimum absolute atomic E-state index is 0.0494. The lowest BCUT2D eigenvalue weighted by Crippen LogP contribution is -2.29. The molecule has 2 heterocycles. The van der Waals surface area contributed by atoms with Gasteiger partial charge in [0, 0.05) is 37.0 Å². The molecule has 3 rings (SSSR count). The van der Waals surface area contributed by atoms with Crippen LogP contribution in [0.15, 0.2) is 43.1 Å². The van der Waals surface area contributed by atoms with Crippen LogP contribution in [-0.2, 0) is 17.4 Å². The van der Waals surface area contributed by atoms with Gasteiger partial charge < -0.3 is 10.2 Å². The maximum Gasteiger partial charge on any atom is 0.434 e. The molecule has 1 saturated heterocycles. The zero-order valence-corrected chi connectivity index (χ0v) is 16.5. The first kappa shape index (κ1) is 21.8. The molecule has 0 bridgehead atoms. The SMILES string of the molecule is C=CC(=O)Nc1ccc(C(=O)N2CC[C@@H](Cc3ncc(Cl)c(C(F)(F)F)n3)C2)cc1. The molecule has 1 aliphatic heterocycles. The molecule has 10 heteroatoms. The van der Waals surface area contributed by atoms with Gasteiger partial charge >= 0.3 is 6.18 Å². The van der Waals surface area contributed by atoms with Crippen LogP contribution in [-0.4, -0.2) is 39.8 Å².